The number of amides is 1. The maximum atomic E-state index is 12.5. The van der Waals surface area contributed by atoms with Crippen LogP contribution in [0.2, 0.25) is 5.02 Å². The molecule has 0 unspecified atom stereocenters. The fraction of sp³-hybridized carbons (Fsp3) is 0.316. The van der Waals surface area contributed by atoms with Gasteiger partial charge in [0.15, 0.2) is 0 Å². The molecule has 1 fully saturated rings. The largest absolute Gasteiger partial charge is 0.492 e. The summed E-state index contributed by atoms with van der Waals surface area (Å²) >= 11 is 5.73. The van der Waals surface area contributed by atoms with E-state index in [0.717, 1.165) is 18.9 Å². The lowest BCUT2D eigenvalue weighted by Gasteiger charge is -2.15. The molecule has 9 nitrogen and oxygen atoms in total. The molecule has 1 aliphatic heterocycles. The van der Waals surface area contributed by atoms with Crippen LogP contribution in [0.1, 0.15) is 23.2 Å². The first-order valence-corrected chi connectivity index (χ1v) is 11.1. The second kappa shape index (κ2) is 9.41. The van der Waals surface area contributed by atoms with Crippen LogP contribution in [0.5, 0.6) is 5.75 Å². The number of carbonyl (C=O) groups is 1. The standard InChI is InChI=1S/C19H20ClN3O6S/c20-17-8-3-14(13-18(17)23(25)26)19(24)21-9-12-29-15-4-6-16(7-5-15)30(27,28)22-10-1-2-11-22/h3-8,13H,1-2,9-12H2,(H,21,24). The van der Waals surface area contributed by atoms with E-state index in [-0.39, 0.29) is 34.3 Å². The van der Waals surface area contributed by atoms with Crippen LogP contribution in [-0.2, 0) is 10.0 Å². The molecule has 0 saturated carbocycles. The summed E-state index contributed by atoms with van der Waals surface area (Å²) in [7, 11) is -3.47. The lowest BCUT2D eigenvalue weighted by molar-refractivity contribution is -0.384. The van der Waals surface area contributed by atoms with Gasteiger partial charge >= 0.3 is 0 Å². The summed E-state index contributed by atoms with van der Waals surface area (Å²) in [5, 5.41) is 13.5. The van der Waals surface area contributed by atoms with E-state index in [1.54, 1.807) is 12.1 Å². The predicted octanol–water partition coefficient (Wildman–Crippen LogP) is 2.84. The van der Waals surface area contributed by atoms with Crippen LogP contribution >= 0.6 is 11.6 Å². The number of sulfonamides is 1. The minimum absolute atomic E-state index is 0.0462. The van der Waals surface area contributed by atoms with Crippen molar-refractivity contribution in [2.75, 3.05) is 26.2 Å². The van der Waals surface area contributed by atoms with Crippen LogP contribution in [0.15, 0.2) is 47.4 Å². The zero-order chi connectivity index (χ0) is 21.7. The third-order valence-electron chi connectivity index (χ3n) is 4.59. The summed E-state index contributed by atoms with van der Waals surface area (Å²) in [5.74, 6) is -0.0304. The van der Waals surface area contributed by atoms with E-state index in [1.807, 2.05) is 0 Å². The average molecular weight is 454 g/mol. The number of halogens is 1. The summed E-state index contributed by atoms with van der Waals surface area (Å²) in [6.45, 7) is 1.37. The van der Waals surface area contributed by atoms with Crippen molar-refractivity contribution in [1.82, 2.24) is 9.62 Å². The average Bonchev–Trinajstić information content (AvgIpc) is 3.27. The van der Waals surface area contributed by atoms with Gasteiger partial charge in [0.25, 0.3) is 11.6 Å². The summed E-state index contributed by atoms with van der Waals surface area (Å²) in [6, 6.07) is 9.91. The molecule has 0 radical (unpaired) electrons. The van der Waals surface area contributed by atoms with Crippen molar-refractivity contribution in [3.8, 4) is 5.75 Å². The lowest BCUT2D eigenvalue weighted by atomic mass is 10.2. The maximum absolute atomic E-state index is 12.5. The van der Waals surface area contributed by atoms with Crippen LogP contribution in [0.3, 0.4) is 0 Å². The topological polar surface area (TPSA) is 119 Å². The Morgan fingerprint density at radius 2 is 1.83 bits per heavy atom. The van der Waals surface area contributed by atoms with Crippen LogP contribution < -0.4 is 10.1 Å². The van der Waals surface area contributed by atoms with Crippen LogP contribution in [-0.4, -0.2) is 49.8 Å². The van der Waals surface area contributed by atoms with E-state index in [1.165, 1.54) is 28.6 Å². The van der Waals surface area contributed by atoms with E-state index in [2.05, 4.69) is 5.32 Å². The Hall–Kier alpha value is -2.69. The first-order chi connectivity index (χ1) is 14.3. The highest BCUT2D eigenvalue weighted by Crippen LogP contribution is 2.25. The van der Waals surface area contributed by atoms with E-state index in [4.69, 9.17) is 16.3 Å². The number of hydrogen-bond donors (Lipinski definition) is 1. The highest BCUT2D eigenvalue weighted by atomic mass is 35.5. The molecule has 1 heterocycles. The molecule has 3 rings (SSSR count). The molecule has 0 bridgehead atoms. The molecule has 160 valence electrons. The number of nitrogens with zero attached hydrogens (tertiary/aromatic N) is 2. The lowest BCUT2D eigenvalue weighted by Crippen LogP contribution is -2.28. The number of nitro benzene ring substituents is 1. The van der Waals surface area contributed by atoms with Crippen molar-refractivity contribution in [1.29, 1.82) is 0 Å². The SMILES string of the molecule is O=C(NCCOc1ccc(S(=O)(=O)N2CCCC2)cc1)c1ccc(Cl)c([N+](=O)[O-])c1. The molecule has 1 aliphatic rings. The summed E-state index contributed by atoms with van der Waals surface area (Å²) in [4.78, 5) is 22.6. The van der Waals surface area contributed by atoms with Gasteiger partial charge in [-0.1, -0.05) is 11.6 Å². The third kappa shape index (κ3) is 5.07. The monoisotopic (exact) mass is 453 g/mol. The van der Waals surface area contributed by atoms with E-state index < -0.39 is 20.9 Å². The molecule has 1 N–H and O–H groups in total. The van der Waals surface area contributed by atoms with Gasteiger partial charge in [0.05, 0.1) is 16.4 Å². The number of benzene rings is 2. The Morgan fingerprint density at radius 3 is 2.47 bits per heavy atom. The normalized spacial score (nSPS) is 14.4. The van der Waals surface area contributed by atoms with Gasteiger partial charge in [-0.25, -0.2) is 8.42 Å². The van der Waals surface area contributed by atoms with Gasteiger partial charge in [0.2, 0.25) is 10.0 Å². The van der Waals surface area contributed by atoms with Gasteiger partial charge in [-0.2, -0.15) is 4.31 Å². The van der Waals surface area contributed by atoms with Crippen LogP contribution in [0, 0.1) is 10.1 Å². The van der Waals surface area contributed by atoms with Crippen molar-refractivity contribution in [2.45, 2.75) is 17.7 Å². The van der Waals surface area contributed by atoms with Crippen molar-refractivity contribution >= 4 is 33.2 Å². The Labute approximate surface area is 178 Å². The predicted molar refractivity (Wildman–Crippen MR) is 110 cm³/mol. The zero-order valence-corrected chi connectivity index (χ0v) is 17.5. The Morgan fingerprint density at radius 1 is 1.17 bits per heavy atom. The van der Waals surface area contributed by atoms with E-state index in [9.17, 15) is 23.3 Å². The second-order valence-corrected chi connectivity index (χ2v) is 8.96. The summed E-state index contributed by atoms with van der Waals surface area (Å²) < 4.78 is 32.0. The molecule has 0 aromatic heterocycles. The van der Waals surface area contributed by atoms with Gasteiger partial charge in [0.1, 0.15) is 17.4 Å². The van der Waals surface area contributed by atoms with E-state index >= 15 is 0 Å². The molecule has 11 heteroatoms. The quantitative estimate of drug-likeness (QED) is 0.373. The summed E-state index contributed by atoms with van der Waals surface area (Å²) in [6.07, 6.45) is 1.74. The molecule has 30 heavy (non-hydrogen) atoms. The fourth-order valence-electron chi connectivity index (χ4n) is 3.01. The smallest absolute Gasteiger partial charge is 0.288 e. The molecule has 0 aliphatic carbocycles. The molecule has 1 amide bonds. The van der Waals surface area contributed by atoms with Crippen molar-refractivity contribution in [3.63, 3.8) is 0 Å². The molecule has 2 aromatic rings. The number of carbonyl (C=O) groups excluding carboxylic acids is 1. The fourth-order valence-corrected chi connectivity index (χ4v) is 4.72. The van der Waals surface area contributed by atoms with Crippen LogP contribution in [0.4, 0.5) is 5.69 Å². The minimum atomic E-state index is -3.47. The van der Waals surface area contributed by atoms with Crippen molar-refractivity contribution in [2.24, 2.45) is 0 Å². The Kier molecular flexibility index (Phi) is 6.91. The zero-order valence-electron chi connectivity index (χ0n) is 15.9. The number of ether oxygens (including phenoxy) is 1. The second-order valence-electron chi connectivity index (χ2n) is 6.61. The summed E-state index contributed by atoms with van der Waals surface area (Å²) in [5.41, 5.74) is -0.230. The highest BCUT2D eigenvalue weighted by molar-refractivity contribution is 7.89. The first kappa shape index (κ1) is 22.0. The number of hydrogen-bond acceptors (Lipinski definition) is 6. The minimum Gasteiger partial charge on any atom is -0.492 e. The van der Waals surface area contributed by atoms with Crippen molar-refractivity contribution in [3.05, 3.63) is 63.2 Å². The Bertz CT molecular complexity index is 1040. The number of nitrogens with one attached hydrogen (secondary N) is 1. The van der Waals surface area contributed by atoms with Gasteiger partial charge in [-0.05, 0) is 49.2 Å². The number of nitro groups is 1. The van der Waals surface area contributed by atoms with Gasteiger partial charge in [0, 0.05) is 24.7 Å². The van der Waals surface area contributed by atoms with Gasteiger partial charge in [-0.15, -0.1) is 0 Å². The van der Waals surface area contributed by atoms with Crippen LogP contribution in [0.25, 0.3) is 0 Å². The molecule has 0 atom stereocenters. The highest BCUT2D eigenvalue weighted by Gasteiger charge is 2.26. The van der Waals surface area contributed by atoms with Crippen molar-refractivity contribution < 1.29 is 22.9 Å². The molecule has 1 saturated heterocycles. The van der Waals surface area contributed by atoms with Gasteiger partial charge in [-0.3, -0.25) is 14.9 Å². The number of rotatable bonds is 8. The Balaban J connectivity index is 1.50. The molecule has 0 spiro atoms. The molecule has 2 aromatic carbocycles. The first-order valence-electron chi connectivity index (χ1n) is 9.24. The third-order valence-corrected chi connectivity index (χ3v) is 6.82. The molecular weight excluding hydrogens is 434 g/mol. The van der Waals surface area contributed by atoms with E-state index in [0.29, 0.717) is 18.8 Å². The maximum Gasteiger partial charge on any atom is 0.288 e. The van der Waals surface area contributed by atoms with Gasteiger partial charge < -0.3 is 10.1 Å². The molecular formula is C19H20ClN3O6S.